The monoisotopic (exact) mass is 257 g/mol. The molecule has 1 aliphatic heterocycles. The molecule has 1 fully saturated rings. The summed E-state index contributed by atoms with van der Waals surface area (Å²) in [7, 11) is 0. The third-order valence-electron chi connectivity index (χ3n) is 3.75. The zero-order chi connectivity index (χ0) is 13.8. The maximum atomic E-state index is 12.5. The van der Waals surface area contributed by atoms with E-state index in [2.05, 4.69) is 13.0 Å². The number of rotatable bonds is 2. The van der Waals surface area contributed by atoms with Gasteiger partial charge in [0, 0.05) is 24.7 Å². The highest BCUT2D eigenvalue weighted by Gasteiger charge is 2.29. The van der Waals surface area contributed by atoms with E-state index in [1.165, 1.54) is 0 Å². The number of carbonyl (C=O) groups excluding carboxylic acids is 1. The zero-order valence-corrected chi connectivity index (χ0v) is 11.2. The Morgan fingerprint density at radius 1 is 1.58 bits per heavy atom. The normalized spacial score (nSPS) is 22.9. The molecule has 0 aromatic heterocycles. The maximum absolute atomic E-state index is 12.5. The van der Waals surface area contributed by atoms with Crippen molar-refractivity contribution in [1.29, 1.82) is 5.26 Å². The Labute approximate surface area is 113 Å². The first-order chi connectivity index (χ1) is 9.15. The molecule has 0 aliphatic carbocycles. The van der Waals surface area contributed by atoms with Crippen LogP contribution in [0.1, 0.15) is 35.7 Å². The average Bonchev–Trinajstić information content (AvgIpc) is 2.46. The standard InChI is InChI=1S/C15H19N3O/c1-11-5-6-18(14(7-11)10-17)15(19)13-4-2-3-12(8-13)9-16/h2-4,8,11,14H,5-7,10,17H2,1H3. The highest BCUT2D eigenvalue weighted by molar-refractivity contribution is 5.94. The van der Waals surface area contributed by atoms with Gasteiger partial charge < -0.3 is 10.6 Å². The highest BCUT2D eigenvalue weighted by Crippen LogP contribution is 2.23. The molecule has 1 aliphatic rings. The molecule has 1 saturated heterocycles. The number of nitriles is 1. The Bertz CT molecular complexity index is 506. The lowest BCUT2D eigenvalue weighted by molar-refractivity contribution is 0.0573. The van der Waals surface area contributed by atoms with Crippen LogP contribution >= 0.6 is 0 Å². The Kier molecular flexibility index (Phi) is 4.18. The molecule has 100 valence electrons. The van der Waals surface area contributed by atoms with Crippen molar-refractivity contribution in [1.82, 2.24) is 4.90 Å². The lowest BCUT2D eigenvalue weighted by Crippen LogP contribution is -2.49. The lowest BCUT2D eigenvalue weighted by Gasteiger charge is -2.38. The SMILES string of the molecule is CC1CCN(C(=O)c2cccc(C#N)c2)C(CN)C1. The van der Waals surface area contributed by atoms with Gasteiger partial charge in [-0.25, -0.2) is 0 Å². The first-order valence-corrected chi connectivity index (χ1v) is 6.67. The van der Waals surface area contributed by atoms with E-state index in [0.717, 1.165) is 19.4 Å². The maximum Gasteiger partial charge on any atom is 0.254 e. The van der Waals surface area contributed by atoms with Crippen molar-refractivity contribution in [2.75, 3.05) is 13.1 Å². The molecule has 4 nitrogen and oxygen atoms in total. The number of benzene rings is 1. The molecule has 0 bridgehead atoms. The van der Waals surface area contributed by atoms with Crippen LogP contribution in [0, 0.1) is 17.2 Å². The Balaban J connectivity index is 2.20. The number of carbonyl (C=O) groups is 1. The number of nitrogens with two attached hydrogens (primary N) is 1. The van der Waals surface area contributed by atoms with Crippen LogP contribution in [0.25, 0.3) is 0 Å². The Hall–Kier alpha value is -1.86. The molecular formula is C15H19N3O. The van der Waals surface area contributed by atoms with Crippen LogP contribution in [0.4, 0.5) is 0 Å². The van der Waals surface area contributed by atoms with Crippen LogP contribution in [0.5, 0.6) is 0 Å². The van der Waals surface area contributed by atoms with Crippen LogP contribution in [0.2, 0.25) is 0 Å². The van der Waals surface area contributed by atoms with Gasteiger partial charge in [0.15, 0.2) is 0 Å². The average molecular weight is 257 g/mol. The van der Waals surface area contributed by atoms with Crippen molar-refractivity contribution in [2.24, 2.45) is 11.7 Å². The molecule has 1 amide bonds. The molecule has 2 atom stereocenters. The molecule has 0 radical (unpaired) electrons. The van der Waals surface area contributed by atoms with Crippen molar-refractivity contribution in [2.45, 2.75) is 25.8 Å². The molecule has 1 heterocycles. The van der Waals surface area contributed by atoms with Gasteiger partial charge in [0.25, 0.3) is 5.91 Å². The second-order valence-corrected chi connectivity index (χ2v) is 5.21. The quantitative estimate of drug-likeness (QED) is 0.877. The zero-order valence-electron chi connectivity index (χ0n) is 11.2. The minimum atomic E-state index is -0.0144. The minimum Gasteiger partial charge on any atom is -0.334 e. The molecule has 0 spiro atoms. The van der Waals surface area contributed by atoms with E-state index in [1.807, 2.05) is 4.90 Å². The summed E-state index contributed by atoms with van der Waals surface area (Å²) in [6, 6.07) is 9.03. The van der Waals surface area contributed by atoms with E-state index >= 15 is 0 Å². The topological polar surface area (TPSA) is 70.1 Å². The molecular weight excluding hydrogens is 238 g/mol. The summed E-state index contributed by atoms with van der Waals surface area (Å²) in [6.45, 7) is 3.44. The Morgan fingerprint density at radius 2 is 2.37 bits per heavy atom. The fraction of sp³-hybridized carbons (Fsp3) is 0.467. The lowest BCUT2D eigenvalue weighted by atomic mass is 9.92. The van der Waals surface area contributed by atoms with Gasteiger partial charge >= 0.3 is 0 Å². The third-order valence-corrected chi connectivity index (χ3v) is 3.75. The summed E-state index contributed by atoms with van der Waals surface area (Å²) < 4.78 is 0. The highest BCUT2D eigenvalue weighted by atomic mass is 16.2. The van der Waals surface area contributed by atoms with Gasteiger partial charge in [0.2, 0.25) is 0 Å². The number of likely N-dealkylation sites (tertiary alicyclic amines) is 1. The predicted octanol–water partition coefficient (Wildman–Crippen LogP) is 1.76. The van der Waals surface area contributed by atoms with Gasteiger partial charge in [-0.3, -0.25) is 4.79 Å². The van der Waals surface area contributed by atoms with Gasteiger partial charge in [-0.15, -0.1) is 0 Å². The number of piperidine rings is 1. The van der Waals surface area contributed by atoms with Crippen LogP contribution in [-0.4, -0.2) is 29.9 Å². The van der Waals surface area contributed by atoms with Gasteiger partial charge in [-0.05, 0) is 37.0 Å². The van der Waals surface area contributed by atoms with Crippen LogP contribution < -0.4 is 5.73 Å². The molecule has 2 rings (SSSR count). The predicted molar refractivity (Wildman–Crippen MR) is 73.4 cm³/mol. The van der Waals surface area contributed by atoms with Crippen molar-refractivity contribution < 1.29 is 4.79 Å². The second-order valence-electron chi connectivity index (χ2n) is 5.21. The summed E-state index contributed by atoms with van der Waals surface area (Å²) >= 11 is 0. The van der Waals surface area contributed by atoms with Crippen molar-refractivity contribution in [3.05, 3.63) is 35.4 Å². The number of amides is 1. The molecule has 4 heteroatoms. The van der Waals surface area contributed by atoms with Crippen LogP contribution in [-0.2, 0) is 0 Å². The van der Waals surface area contributed by atoms with Crippen molar-refractivity contribution in [3.63, 3.8) is 0 Å². The molecule has 2 unspecified atom stereocenters. The first-order valence-electron chi connectivity index (χ1n) is 6.67. The van der Waals surface area contributed by atoms with Gasteiger partial charge in [0.1, 0.15) is 0 Å². The van der Waals surface area contributed by atoms with E-state index in [9.17, 15) is 4.79 Å². The molecule has 1 aromatic rings. The third kappa shape index (κ3) is 2.94. The van der Waals surface area contributed by atoms with Gasteiger partial charge in [-0.2, -0.15) is 5.26 Å². The summed E-state index contributed by atoms with van der Waals surface area (Å²) in [4.78, 5) is 14.4. The van der Waals surface area contributed by atoms with E-state index in [-0.39, 0.29) is 11.9 Å². The largest absolute Gasteiger partial charge is 0.334 e. The smallest absolute Gasteiger partial charge is 0.254 e. The minimum absolute atomic E-state index is 0.0144. The fourth-order valence-electron chi connectivity index (χ4n) is 2.63. The van der Waals surface area contributed by atoms with Gasteiger partial charge in [-0.1, -0.05) is 13.0 Å². The second kappa shape index (κ2) is 5.85. The van der Waals surface area contributed by atoms with E-state index in [0.29, 0.717) is 23.6 Å². The number of hydrogen-bond donors (Lipinski definition) is 1. The fourth-order valence-corrected chi connectivity index (χ4v) is 2.63. The van der Waals surface area contributed by atoms with E-state index < -0.39 is 0 Å². The molecule has 2 N–H and O–H groups in total. The van der Waals surface area contributed by atoms with Crippen molar-refractivity contribution >= 4 is 5.91 Å². The summed E-state index contributed by atoms with van der Waals surface area (Å²) in [5.74, 6) is 0.600. The van der Waals surface area contributed by atoms with Gasteiger partial charge in [0.05, 0.1) is 11.6 Å². The first kappa shape index (κ1) is 13.6. The summed E-state index contributed by atoms with van der Waals surface area (Å²) in [5, 5.41) is 8.89. The molecule has 1 aromatic carbocycles. The Morgan fingerprint density at radius 3 is 3.05 bits per heavy atom. The number of hydrogen-bond acceptors (Lipinski definition) is 3. The van der Waals surface area contributed by atoms with E-state index in [4.69, 9.17) is 11.0 Å². The molecule has 0 saturated carbocycles. The van der Waals surface area contributed by atoms with Crippen LogP contribution in [0.15, 0.2) is 24.3 Å². The van der Waals surface area contributed by atoms with E-state index in [1.54, 1.807) is 24.3 Å². The summed E-state index contributed by atoms with van der Waals surface area (Å²) in [6.07, 6.45) is 1.97. The van der Waals surface area contributed by atoms with Crippen LogP contribution in [0.3, 0.4) is 0 Å². The van der Waals surface area contributed by atoms with Crippen molar-refractivity contribution in [3.8, 4) is 6.07 Å². The number of nitrogens with zero attached hydrogens (tertiary/aromatic N) is 2. The summed E-state index contributed by atoms with van der Waals surface area (Å²) in [5.41, 5.74) is 6.87. The molecule has 19 heavy (non-hydrogen) atoms.